The standard InChI is InChI=1S/C14H17NO3S/c1-12-11-13(5-2-3-9-16)6-7-14(12)15-8-4-10-19(15,17)18/h6-7,11,16H,3-4,8-10H2,1H3. The number of nitrogens with zero attached hydrogens (tertiary/aromatic N) is 1. The number of anilines is 1. The van der Waals surface area contributed by atoms with Crippen LogP contribution in [0.1, 0.15) is 24.0 Å². The molecule has 0 atom stereocenters. The second kappa shape index (κ2) is 5.64. The second-order valence-electron chi connectivity index (χ2n) is 4.52. The lowest BCUT2D eigenvalue weighted by Gasteiger charge is -2.19. The first-order valence-corrected chi connectivity index (χ1v) is 7.86. The highest BCUT2D eigenvalue weighted by molar-refractivity contribution is 7.93. The van der Waals surface area contributed by atoms with Crippen LogP contribution in [-0.2, 0) is 10.0 Å². The number of hydrogen-bond acceptors (Lipinski definition) is 3. The van der Waals surface area contributed by atoms with Gasteiger partial charge in [-0.15, -0.1) is 0 Å². The summed E-state index contributed by atoms with van der Waals surface area (Å²) in [5.41, 5.74) is 2.48. The van der Waals surface area contributed by atoms with Crippen molar-refractivity contribution in [3.63, 3.8) is 0 Å². The highest BCUT2D eigenvalue weighted by Gasteiger charge is 2.29. The molecule has 0 aliphatic carbocycles. The van der Waals surface area contributed by atoms with E-state index in [-0.39, 0.29) is 12.4 Å². The van der Waals surface area contributed by atoms with Gasteiger partial charge >= 0.3 is 0 Å². The Morgan fingerprint density at radius 1 is 1.42 bits per heavy atom. The first-order valence-electron chi connectivity index (χ1n) is 6.25. The molecule has 0 amide bonds. The van der Waals surface area contributed by atoms with Gasteiger partial charge in [0, 0.05) is 18.5 Å². The van der Waals surface area contributed by atoms with E-state index in [2.05, 4.69) is 11.8 Å². The molecule has 0 aromatic heterocycles. The molecule has 1 aromatic carbocycles. The average molecular weight is 279 g/mol. The van der Waals surface area contributed by atoms with Crippen molar-refractivity contribution in [2.45, 2.75) is 19.8 Å². The van der Waals surface area contributed by atoms with Gasteiger partial charge in [-0.2, -0.15) is 0 Å². The zero-order valence-corrected chi connectivity index (χ0v) is 11.7. The van der Waals surface area contributed by atoms with Crippen molar-refractivity contribution in [3.8, 4) is 11.8 Å². The lowest BCUT2D eigenvalue weighted by atomic mass is 10.1. The molecule has 2 rings (SSSR count). The Balaban J connectivity index is 2.28. The smallest absolute Gasteiger partial charge is 0.235 e. The Hall–Kier alpha value is -1.51. The highest BCUT2D eigenvalue weighted by Crippen LogP contribution is 2.27. The minimum atomic E-state index is -3.13. The topological polar surface area (TPSA) is 57.6 Å². The Kier molecular flexibility index (Phi) is 4.13. The van der Waals surface area contributed by atoms with Gasteiger partial charge in [0.25, 0.3) is 0 Å². The molecule has 0 radical (unpaired) electrons. The summed E-state index contributed by atoms with van der Waals surface area (Å²) in [6.45, 7) is 2.50. The van der Waals surface area contributed by atoms with Gasteiger partial charge in [-0.25, -0.2) is 8.42 Å². The van der Waals surface area contributed by atoms with Gasteiger partial charge in [-0.05, 0) is 37.1 Å². The van der Waals surface area contributed by atoms with Crippen molar-refractivity contribution in [3.05, 3.63) is 29.3 Å². The van der Waals surface area contributed by atoms with Gasteiger partial charge in [0.15, 0.2) is 0 Å². The summed E-state index contributed by atoms with van der Waals surface area (Å²) in [4.78, 5) is 0. The third-order valence-corrected chi connectivity index (χ3v) is 4.89. The molecular formula is C14H17NO3S. The van der Waals surface area contributed by atoms with Crippen LogP contribution in [0.15, 0.2) is 18.2 Å². The molecule has 4 nitrogen and oxygen atoms in total. The number of sulfonamides is 1. The molecule has 1 aromatic rings. The maximum atomic E-state index is 11.9. The van der Waals surface area contributed by atoms with E-state index >= 15 is 0 Å². The van der Waals surface area contributed by atoms with E-state index in [1.807, 2.05) is 19.1 Å². The van der Waals surface area contributed by atoms with Gasteiger partial charge in [0.05, 0.1) is 18.0 Å². The minimum absolute atomic E-state index is 0.0517. The van der Waals surface area contributed by atoms with Crippen LogP contribution in [0.3, 0.4) is 0 Å². The lowest BCUT2D eigenvalue weighted by Crippen LogP contribution is -2.25. The van der Waals surface area contributed by atoms with Gasteiger partial charge in [0.2, 0.25) is 10.0 Å². The third kappa shape index (κ3) is 3.09. The van der Waals surface area contributed by atoms with E-state index in [9.17, 15) is 8.42 Å². The average Bonchev–Trinajstić information content (AvgIpc) is 2.70. The van der Waals surface area contributed by atoms with Crippen LogP contribution < -0.4 is 4.31 Å². The number of aliphatic hydroxyl groups is 1. The van der Waals surface area contributed by atoms with Crippen molar-refractivity contribution in [2.75, 3.05) is 23.2 Å². The largest absolute Gasteiger partial charge is 0.395 e. The Morgan fingerprint density at radius 2 is 2.21 bits per heavy atom. The molecule has 1 fully saturated rings. The molecule has 0 unspecified atom stereocenters. The second-order valence-corrected chi connectivity index (χ2v) is 6.53. The Labute approximate surface area is 114 Å². The van der Waals surface area contributed by atoms with Crippen molar-refractivity contribution in [1.82, 2.24) is 0 Å². The predicted molar refractivity (Wildman–Crippen MR) is 75.5 cm³/mol. The third-order valence-electron chi connectivity index (χ3n) is 3.03. The molecular weight excluding hydrogens is 262 g/mol. The molecule has 1 saturated heterocycles. The van der Waals surface area contributed by atoms with Crippen LogP contribution in [0.25, 0.3) is 0 Å². The van der Waals surface area contributed by atoms with E-state index in [1.54, 1.807) is 6.07 Å². The summed E-state index contributed by atoms with van der Waals surface area (Å²) >= 11 is 0. The number of benzene rings is 1. The summed E-state index contributed by atoms with van der Waals surface area (Å²) in [6.07, 6.45) is 1.13. The molecule has 1 aliphatic rings. The van der Waals surface area contributed by atoms with E-state index in [1.165, 1.54) is 4.31 Å². The fraction of sp³-hybridized carbons (Fsp3) is 0.429. The van der Waals surface area contributed by atoms with Crippen molar-refractivity contribution < 1.29 is 13.5 Å². The molecule has 5 heteroatoms. The summed E-state index contributed by atoms with van der Waals surface area (Å²) in [6, 6.07) is 5.51. The summed E-state index contributed by atoms with van der Waals surface area (Å²) < 4.78 is 25.2. The zero-order valence-electron chi connectivity index (χ0n) is 10.9. The Bertz CT molecular complexity index is 626. The van der Waals surface area contributed by atoms with Crippen molar-refractivity contribution in [2.24, 2.45) is 0 Å². The van der Waals surface area contributed by atoms with Crippen LogP contribution >= 0.6 is 0 Å². The number of rotatable bonds is 2. The van der Waals surface area contributed by atoms with E-state index in [0.29, 0.717) is 19.4 Å². The van der Waals surface area contributed by atoms with E-state index in [0.717, 1.165) is 16.8 Å². The summed E-state index contributed by atoms with van der Waals surface area (Å²) in [5.74, 6) is 6.03. The maximum Gasteiger partial charge on any atom is 0.235 e. The van der Waals surface area contributed by atoms with Crippen LogP contribution in [-0.4, -0.2) is 32.4 Å². The van der Waals surface area contributed by atoms with Gasteiger partial charge in [0.1, 0.15) is 0 Å². The molecule has 1 heterocycles. The maximum absolute atomic E-state index is 11.9. The van der Waals surface area contributed by atoms with Gasteiger partial charge in [-0.3, -0.25) is 4.31 Å². The fourth-order valence-electron chi connectivity index (χ4n) is 2.14. The van der Waals surface area contributed by atoms with E-state index in [4.69, 9.17) is 5.11 Å². The quantitative estimate of drug-likeness (QED) is 0.829. The van der Waals surface area contributed by atoms with Gasteiger partial charge in [-0.1, -0.05) is 11.8 Å². The first-order chi connectivity index (χ1) is 9.04. The predicted octanol–water partition coefficient (Wildman–Crippen LogP) is 1.27. The van der Waals surface area contributed by atoms with Gasteiger partial charge < -0.3 is 5.11 Å². The normalized spacial score (nSPS) is 17.1. The zero-order chi connectivity index (χ0) is 13.9. The molecule has 19 heavy (non-hydrogen) atoms. The molecule has 102 valence electrons. The molecule has 0 spiro atoms. The Morgan fingerprint density at radius 3 is 2.79 bits per heavy atom. The summed E-state index contributed by atoms with van der Waals surface area (Å²) in [7, 11) is -3.13. The minimum Gasteiger partial charge on any atom is -0.395 e. The molecule has 1 aliphatic heterocycles. The van der Waals surface area contributed by atoms with Crippen molar-refractivity contribution >= 4 is 15.7 Å². The number of hydrogen-bond donors (Lipinski definition) is 1. The molecule has 1 N–H and O–H groups in total. The van der Waals surface area contributed by atoms with Crippen LogP contribution in [0.5, 0.6) is 0 Å². The number of aryl methyl sites for hydroxylation is 1. The first kappa shape index (κ1) is 13.9. The molecule has 0 saturated carbocycles. The van der Waals surface area contributed by atoms with Crippen molar-refractivity contribution in [1.29, 1.82) is 0 Å². The SMILES string of the molecule is Cc1cc(C#CCCO)ccc1N1CCCS1(=O)=O. The fourth-order valence-corrected chi connectivity index (χ4v) is 3.77. The molecule has 0 bridgehead atoms. The van der Waals surface area contributed by atoms with Crippen LogP contribution in [0, 0.1) is 18.8 Å². The van der Waals surface area contributed by atoms with Crippen LogP contribution in [0.4, 0.5) is 5.69 Å². The lowest BCUT2D eigenvalue weighted by molar-refractivity contribution is 0.305. The highest BCUT2D eigenvalue weighted by atomic mass is 32.2. The summed E-state index contributed by atoms with van der Waals surface area (Å²) in [5, 5.41) is 8.67. The van der Waals surface area contributed by atoms with Crippen LogP contribution in [0.2, 0.25) is 0 Å². The number of aliphatic hydroxyl groups excluding tert-OH is 1. The monoisotopic (exact) mass is 279 g/mol. The van der Waals surface area contributed by atoms with E-state index < -0.39 is 10.0 Å².